The first-order chi connectivity index (χ1) is 8.66. The van der Waals surface area contributed by atoms with Crippen molar-refractivity contribution in [2.75, 3.05) is 0 Å². The highest BCUT2D eigenvalue weighted by Gasteiger charge is 2.09. The first-order valence-corrected chi connectivity index (χ1v) is 6.77. The third-order valence-corrected chi connectivity index (χ3v) is 3.49. The topological polar surface area (TPSA) is 39.2 Å². The van der Waals surface area contributed by atoms with E-state index in [1.807, 2.05) is 24.3 Å². The van der Waals surface area contributed by atoms with Crippen molar-refractivity contribution in [1.29, 1.82) is 0 Å². The third-order valence-electron chi connectivity index (χ3n) is 2.28. The first kappa shape index (κ1) is 13.2. The Bertz CT molecular complexity index is 572. The number of hydrogen-bond donors (Lipinski definition) is 0. The standard InChI is InChI=1S/C13H9Br2NO2/c14-11-4-2-1-3-10(11)8-18-13(17)9-5-6-16-12(15)7-9/h1-7H,8H2. The number of nitrogens with zero attached hydrogens (tertiary/aromatic N) is 1. The van der Waals surface area contributed by atoms with Crippen LogP contribution in [0.3, 0.4) is 0 Å². The second-order valence-corrected chi connectivity index (χ2v) is 5.20. The van der Waals surface area contributed by atoms with Crippen LogP contribution in [-0.2, 0) is 11.3 Å². The van der Waals surface area contributed by atoms with Crippen molar-refractivity contribution < 1.29 is 9.53 Å². The molecular formula is C13H9Br2NO2. The van der Waals surface area contributed by atoms with E-state index in [1.165, 1.54) is 0 Å². The molecule has 0 saturated carbocycles. The van der Waals surface area contributed by atoms with Crippen molar-refractivity contribution in [1.82, 2.24) is 4.98 Å². The first-order valence-electron chi connectivity index (χ1n) is 5.19. The second-order valence-electron chi connectivity index (χ2n) is 3.53. The molecule has 5 heteroatoms. The molecule has 0 bridgehead atoms. The largest absolute Gasteiger partial charge is 0.457 e. The fourth-order valence-electron chi connectivity index (χ4n) is 1.37. The highest BCUT2D eigenvalue weighted by atomic mass is 79.9. The quantitative estimate of drug-likeness (QED) is 0.606. The molecule has 2 aromatic rings. The molecule has 0 unspecified atom stereocenters. The zero-order valence-electron chi connectivity index (χ0n) is 9.27. The predicted octanol–water partition coefficient (Wildman–Crippen LogP) is 3.96. The lowest BCUT2D eigenvalue weighted by atomic mass is 10.2. The molecule has 0 N–H and O–H groups in total. The average Bonchev–Trinajstić information content (AvgIpc) is 2.37. The number of ether oxygens (including phenoxy) is 1. The van der Waals surface area contributed by atoms with E-state index in [0.29, 0.717) is 10.2 Å². The molecule has 1 aromatic carbocycles. The molecule has 1 aromatic heterocycles. The van der Waals surface area contributed by atoms with Gasteiger partial charge < -0.3 is 4.74 Å². The van der Waals surface area contributed by atoms with E-state index in [2.05, 4.69) is 36.8 Å². The van der Waals surface area contributed by atoms with Crippen molar-refractivity contribution in [2.24, 2.45) is 0 Å². The minimum absolute atomic E-state index is 0.236. The molecule has 92 valence electrons. The molecule has 0 amide bonds. The minimum atomic E-state index is -0.367. The fourth-order valence-corrected chi connectivity index (χ4v) is 2.14. The normalized spacial score (nSPS) is 10.1. The summed E-state index contributed by atoms with van der Waals surface area (Å²) in [5, 5.41) is 0. The number of hydrogen-bond acceptors (Lipinski definition) is 3. The number of halogens is 2. The SMILES string of the molecule is O=C(OCc1ccccc1Br)c1ccnc(Br)c1. The third kappa shape index (κ3) is 3.40. The van der Waals surface area contributed by atoms with Gasteiger partial charge in [0.2, 0.25) is 0 Å². The van der Waals surface area contributed by atoms with Crippen LogP contribution in [0, 0.1) is 0 Å². The lowest BCUT2D eigenvalue weighted by Gasteiger charge is -2.06. The van der Waals surface area contributed by atoms with E-state index >= 15 is 0 Å². The molecular weight excluding hydrogens is 362 g/mol. The van der Waals surface area contributed by atoms with Gasteiger partial charge >= 0.3 is 5.97 Å². The molecule has 3 nitrogen and oxygen atoms in total. The number of esters is 1. The van der Waals surface area contributed by atoms with E-state index in [4.69, 9.17) is 4.74 Å². The molecule has 0 spiro atoms. The average molecular weight is 371 g/mol. The van der Waals surface area contributed by atoms with Gasteiger partial charge in [-0.05, 0) is 34.1 Å². The smallest absolute Gasteiger partial charge is 0.338 e. The zero-order chi connectivity index (χ0) is 13.0. The number of aromatic nitrogens is 1. The van der Waals surface area contributed by atoms with Gasteiger partial charge in [0.15, 0.2) is 0 Å². The van der Waals surface area contributed by atoms with Crippen LogP contribution >= 0.6 is 31.9 Å². The van der Waals surface area contributed by atoms with Crippen LogP contribution in [-0.4, -0.2) is 11.0 Å². The van der Waals surface area contributed by atoms with Gasteiger partial charge in [-0.15, -0.1) is 0 Å². The van der Waals surface area contributed by atoms with Crippen LogP contribution in [0.1, 0.15) is 15.9 Å². The number of carbonyl (C=O) groups excluding carboxylic acids is 1. The van der Waals surface area contributed by atoms with Gasteiger partial charge in [-0.2, -0.15) is 0 Å². The minimum Gasteiger partial charge on any atom is -0.457 e. The van der Waals surface area contributed by atoms with E-state index in [-0.39, 0.29) is 12.6 Å². The maximum absolute atomic E-state index is 11.8. The summed E-state index contributed by atoms with van der Waals surface area (Å²) in [6.45, 7) is 0.236. The Labute approximate surface area is 121 Å². The summed E-state index contributed by atoms with van der Waals surface area (Å²) in [6.07, 6.45) is 1.55. The molecule has 18 heavy (non-hydrogen) atoms. The Balaban J connectivity index is 2.03. The Morgan fingerprint density at radius 3 is 2.72 bits per heavy atom. The molecule has 0 radical (unpaired) electrons. The maximum Gasteiger partial charge on any atom is 0.338 e. The highest BCUT2D eigenvalue weighted by Crippen LogP contribution is 2.17. The van der Waals surface area contributed by atoms with E-state index in [9.17, 15) is 4.79 Å². The Morgan fingerprint density at radius 1 is 1.22 bits per heavy atom. The zero-order valence-corrected chi connectivity index (χ0v) is 12.4. The maximum atomic E-state index is 11.8. The van der Waals surface area contributed by atoms with E-state index in [1.54, 1.807) is 18.3 Å². The summed E-state index contributed by atoms with van der Waals surface area (Å²) in [5.41, 5.74) is 1.41. The van der Waals surface area contributed by atoms with Crippen molar-refractivity contribution >= 4 is 37.8 Å². The second kappa shape index (κ2) is 6.11. The lowest BCUT2D eigenvalue weighted by Crippen LogP contribution is -2.05. The van der Waals surface area contributed by atoms with Crippen molar-refractivity contribution in [2.45, 2.75) is 6.61 Å². The molecule has 0 aliphatic carbocycles. The number of rotatable bonds is 3. The van der Waals surface area contributed by atoms with Gasteiger partial charge in [0.05, 0.1) is 5.56 Å². The molecule has 0 aliphatic rings. The van der Waals surface area contributed by atoms with Crippen LogP contribution < -0.4 is 0 Å². The van der Waals surface area contributed by atoms with E-state index in [0.717, 1.165) is 10.0 Å². The van der Waals surface area contributed by atoms with Crippen molar-refractivity contribution in [3.63, 3.8) is 0 Å². The van der Waals surface area contributed by atoms with Gasteiger partial charge in [0.1, 0.15) is 11.2 Å². The van der Waals surface area contributed by atoms with Gasteiger partial charge in [0, 0.05) is 16.2 Å². The number of pyridine rings is 1. The summed E-state index contributed by atoms with van der Waals surface area (Å²) in [5.74, 6) is -0.367. The van der Waals surface area contributed by atoms with Crippen molar-refractivity contribution in [3.05, 3.63) is 62.8 Å². The molecule has 2 rings (SSSR count). The molecule has 0 fully saturated rings. The van der Waals surface area contributed by atoms with Gasteiger partial charge in [0.25, 0.3) is 0 Å². The highest BCUT2D eigenvalue weighted by molar-refractivity contribution is 9.10. The molecule has 1 heterocycles. The number of carbonyl (C=O) groups is 1. The molecule has 0 atom stereocenters. The van der Waals surface area contributed by atoms with Crippen LogP contribution in [0.5, 0.6) is 0 Å². The Kier molecular flexibility index (Phi) is 4.49. The van der Waals surface area contributed by atoms with Gasteiger partial charge in [-0.1, -0.05) is 34.1 Å². The Morgan fingerprint density at radius 2 is 2.00 bits per heavy atom. The summed E-state index contributed by atoms with van der Waals surface area (Å²) in [7, 11) is 0. The van der Waals surface area contributed by atoms with E-state index < -0.39 is 0 Å². The van der Waals surface area contributed by atoms with Crippen molar-refractivity contribution in [3.8, 4) is 0 Å². The summed E-state index contributed by atoms with van der Waals surface area (Å²) < 4.78 is 6.77. The van der Waals surface area contributed by atoms with Crippen LogP contribution in [0.2, 0.25) is 0 Å². The molecule has 0 saturated heterocycles. The van der Waals surface area contributed by atoms with Gasteiger partial charge in [-0.3, -0.25) is 0 Å². The summed E-state index contributed by atoms with van der Waals surface area (Å²) >= 11 is 6.62. The Hall–Kier alpha value is -1.20. The number of benzene rings is 1. The predicted molar refractivity (Wildman–Crippen MR) is 75.2 cm³/mol. The van der Waals surface area contributed by atoms with Crippen LogP contribution in [0.25, 0.3) is 0 Å². The molecule has 0 aliphatic heterocycles. The van der Waals surface area contributed by atoms with Crippen LogP contribution in [0.4, 0.5) is 0 Å². The fraction of sp³-hybridized carbons (Fsp3) is 0.0769. The summed E-state index contributed by atoms with van der Waals surface area (Å²) in [6, 6.07) is 10.9. The summed E-state index contributed by atoms with van der Waals surface area (Å²) in [4.78, 5) is 15.8. The lowest BCUT2D eigenvalue weighted by molar-refractivity contribution is 0.0471. The van der Waals surface area contributed by atoms with Crippen LogP contribution in [0.15, 0.2) is 51.7 Å². The van der Waals surface area contributed by atoms with Gasteiger partial charge in [-0.25, -0.2) is 9.78 Å². The monoisotopic (exact) mass is 369 g/mol.